The highest BCUT2D eigenvalue weighted by atomic mass is 16.5. The maximum Gasteiger partial charge on any atom is 0.321 e. The van der Waals surface area contributed by atoms with Crippen LogP contribution in [0.25, 0.3) is 0 Å². The van der Waals surface area contributed by atoms with E-state index in [1.54, 1.807) is 73.3 Å². The van der Waals surface area contributed by atoms with Gasteiger partial charge in [0.2, 0.25) is 0 Å². The Morgan fingerprint density at radius 3 is 2.41 bits per heavy atom. The van der Waals surface area contributed by atoms with E-state index < -0.39 is 12.1 Å². The molecule has 2 aromatic rings. The van der Waals surface area contributed by atoms with Crippen LogP contribution in [0.1, 0.15) is 64.2 Å². The van der Waals surface area contributed by atoms with E-state index in [1.165, 1.54) is 0 Å². The molecule has 0 aliphatic carbocycles. The summed E-state index contributed by atoms with van der Waals surface area (Å²) < 4.78 is 17.8. The Morgan fingerprint density at radius 2 is 1.76 bits per heavy atom. The Hall–Kier alpha value is -4.03. The number of amides is 5. The van der Waals surface area contributed by atoms with E-state index in [0.717, 1.165) is 19.3 Å². The van der Waals surface area contributed by atoms with Crippen molar-refractivity contribution in [3.05, 3.63) is 48.0 Å². The number of nitrogens with zero attached hydrogens (tertiary/aromatic N) is 2. The van der Waals surface area contributed by atoms with Gasteiger partial charge in [-0.2, -0.15) is 0 Å². The van der Waals surface area contributed by atoms with E-state index in [2.05, 4.69) is 16.0 Å². The average molecular weight is 642 g/mol. The van der Waals surface area contributed by atoms with Crippen molar-refractivity contribution in [1.29, 1.82) is 0 Å². The van der Waals surface area contributed by atoms with Crippen LogP contribution in [0.2, 0.25) is 0 Å². The average Bonchev–Trinajstić information content (AvgIpc) is 3.02. The standard InChI is InChI=1S/C34H51N5O7/c1-22(2)35-33(42)36-27-13-16-30-29(18-27)32(41)39(24(4)21-40)19-23(3)31(45-17-9-8-10-25(5)46-30)20-38(6)34(43)37-26-11-14-28(44-7)15-12-26/h11-16,18,22-25,31,40H,8-10,17,19-21H2,1-7H3,(H,37,43)(H2,35,36,42)/t23-,24+,25-,31+/m0/s1. The predicted octanol–water partition coefficient (Wildman–Crippen LogP) is 5.18. The molecule has 1 aliphatic heterocycles. The maximum atomic E-state index is 14.2. The fourth-order valence-corrected chi connectivity index (χ4v) is 5.14. The summed E-state index contributed by atoms with van der Waals surface area (Å²) in [5.41, 5.74) is 1.36. The molecule has 0 bridgehead atoms. The van der Waals surface area contributed by atoms with Crippen molar-refractivity contribution >= 4 is 29.3 Å². The number of anilines is 2. The lowest BCUT2D eigenvalue weighted by molar-refractivity contribution is -0.0115. The first kappa shape index (κ1) is 36.4. The van der Waals surface area contributed by atoms with Gasteiger partial charge in [0.25, 0.3) is 5.91 Å². The number of hydrogen-bond acceptors (Lipinski definition) is 7. The topological polar surface area (TPSA) is 142 Å². The molecule has 0 spiro atoms. The van der Waals surface area contributed by atoms with Crippen LogP contribution in [-0.4, -0.2) is 97.6 Å². The fourth-order valence-electron chi connectivity index (χ4n) is 5.14. The molecule has 0 saturated carbocycles. The number of aliphatic hydroxyl groups is 1. The van der Waals surface area contributed by atoms with Gasteiger partial charge in [-0.25, -0.2) is 9.59 Å². The first-order valence-corrected chi connectivity index (χ1v) is 16.0. The Morgan fingerprint density at radius 1 is 1.07 bits per heavy atom. The monoisotopic (exact) mass is 641 g/mol. The van der Waals surface area contributed by atoms with Gasteiger partial charge in [0.1, 0.15) is 11.5 Å². The number of benzene rings is 2. The van der Waals surface area contributed by atoms with E-state index in [9.17, 15) is 19.5 Å². The van der Waals surface area contributed by atoms with E-state index in [4.69, 9.17) is 14.2 Å². The van der Waals surface area contributed by atoms with Crippen LogP contribution in [0.15, 0.2) is 42.5 Å². The lowest BCUT2D eigenvalue weighted by Gasteiger charge is -2.35. The highest BCUT2D eigenvalue weighted by Crippen LogP contribution is 2.28. The van der Waals surface area contributed by atoms with Gasteiger partial charge in [0.05, 0.1) is 37.5 Å². The van der Waals surface area contributed by atoms with Gasteiger partial charge >= 0.3 is 12.1 Å². The molecule has 254 valence electrons. The number of ether oxygens (including phenoxy) is 3. The second-order valence-electron chi connectivity index (χ2n) is 12.3. The molecular weight excluding hydrogens is 590 g/mol. The number of aliphatic hydroxyl groups excluding tert-OH is 1. The van der Waals surface area contributed by atoms with Gasteiger partial charge in [-0.3, -0.25) is 4.79 Å². The Labute approximate surface area is 272 Å². The largest absolute Gasteiger partial charge is 0.497 e. The lowest BCUT2D eigenvalue weighted by atomic mass is 10.0. The van der Waals surface area contributed by atoms with Gasteiger partial charge in [-0.05, 0) is 89.4 Å². The zero-order valence-electron chi connectivity index (χ0n) is 28.2. The third kappa shape index (κ3) is 10.8. The van der Waals surface area contributed by atoms with Crippen molar-refractivity contribution in [1.82, 2.24) is 15.1 Å². The molecule has 4 atom stereocenters. The van der Waals surface area contributed by atoms with Gasteiger partial charge in [0, 0.05) is 50.1 Å². The van der Waals surface area contributed by atoms with Crippen LogP contribution in [0.3, 0.4) is 0 Å². The number of carbonyl (C=O) groups is 3. The second-order valence-corrected chi connectivity index (χ2v) is 12.3. The zero-order chi connectivity index (χ0) is 33.8. The first-order valence-electron chi connectivity index (χ1n) is 16.0. The number of urea groups is 2. The molecule has 12 nitrogen and oxygen atoms in total. The van der Waals surface area contributed by atoms with Crippen molar-refractivity contribution < 1.29 is 33.7 Å². The predicted molar refractivity (Wildman–Crippen MR) is 179 cm³/mol. The van der Waals surface area contributed by atoms with Crippen LogP contribution in [0.4, 0.5) is 21.0 Å². The summed E-state index contributed by atoms with van der Waals surface area (Å²) in [6.45, 7) is 10.2. The molecule has 3 rings (SSSR count). The number of hydrogen-bond donors (Lipinski definition) is 4. The van der Waals surface area contributed by atoms with E-state index in [1.807, 2.05) is 27.7 Å². The number of likely N-dealkylation sites (N-methyl/N-ethyl adjacent to an activating group) is 1. The molecule has 46 heavy (non-hydrogen) atoms. The van der Waals surface area contributed by atoms with Crippen molar-refractivity contribution in [3.63, 3.8) is 0 Å². The van der Waals surface area contributed by atoms with Gasteiger partial charge in [-0.1, -0.05) is 6.92 Å². The normalized spacial score (nSPS) is 20.1. The van der Waals surface area contributed by atoms with E-state index >= 15 is 0 Å². The minimum absolute atomic E-state index is 0.0618. The molecule has 12 heteroatoms. The van der Waals surface area contributed by atoms with Crippen LogP contribution in [-0.2, 0) is 4.74 Å². The minimum Gasteiger partial charge on any atom is -0.497 e. The number of methoxy groups -OCH3 is 1. The first-order chi connectivity index (χ1) is 21.9. The molecule has 4 N–H and O–H groups in total. The highest BCUT2D eigenvalue weighted by molar-refractivity contribution is 5.99. The van der Waals surface area contributed by atoms with Crippen LogP contribution >= 0.6 is 0 Å². The summed E-state index contributed by atoms with van der Waals surface area (Å²) in [6, 6.07) is 10.9. The van der Waals surface area contributed by atoms with Gasteiger partial charge < -0.3 is 45.1 Å². The van der Waals surface area contributed by atoms with E-state index in [-0.39, 0.29) is 61.3 Å². The summed E-state index contributed by atoms with van der Waals surface area (Å²) in [5, 5.41) is 18.7. The third-order valence-corrected chi connectivity index (χ3v) is 7.87. The molecule has 0 fully saturated rings. The lowest BCUT2D eigenvalue weighted by Crippen LogP contribution is -2.48. The quantitative estimate of drug-likeness (QED) is 0.311. The Kier molecular flexibility index (Phi) is 13.9. The van der Waals surface area contributed by atoms with Crippen LogP contribution < -0.4 is 25.4 Å². The SMILES string of the molecule is COc1ccc(NC(=O)N(C)C[C@H]2OCCCC[C@H](C)Oc3ccc(NC(=O)NC(C)C)cc3C(=O)N([C@H](C)CO)C[C@@H]2C)cc1. The molecule has 0 unspecified atom stereocenters. The molecule has 1 aliphatic rings. The molecular formula is C34H51N5O7. The fraction of sp³-hybridized carbons (Fsp3) is 0.559. The summed E-state index contributed by atoms with van der Waals surface area (Å²) in [6.07, 6.45) is 1.83. The van der Waals surface area contributed by atoms with Gasteiger partial charge in [-0.15, -0.1) is 0 Å². The summed E-state index contributed by atoms with van der Waals surface area (Å²) in [4.78, 5) is 43.0. The number of carbonyl (C=O) groups excluding carboxylic acids is 3. The number of nitrogens with one attached hydrogen (secondary N) is 3. The highest BCUT2D eigenvalue weighted by Gasteiger charge is 2.31. The molecule has 0 aromatic heterocycles. The Bertz CT molecular complexity index is 1290. The smallest absolute Gasteiger partial charge is 0.321 e. The second kappa shape index (κ2) is 17.6. The molecule has 0 radical (unpaired) electrons. The van der Waals surface area contributed by atoms with Crippen LogP contribution in [0.5, 0.6) is 11.5 Å². The van der Waals surface area contributed by atoms with Gasteiger partial charge in [0.15, 0.2) is 0 Å². The van der Waals surface area contributed by atoms with Crippen molar-refractivity contribution in [3.8, 4) is 11.5 Å². The third-order valence-electron chi connectivity index (χ3n) is 7.87. The zero-order valence-corrected chi connectivity index (χ0v) is 28.2. The number of rotatable bonds is 8. The van der Waals surface area contributed by atoms with Crippen molar-refractivity contribution in [2.24, 2.45) is 5.92 Å². The maximum absolute atomic E-state index is 14.2. The molecule has 1 heterocycles. The molecule has 5 amide bonds. The Balaban J connectivity index is 1.87. The molecule has 2 aromatic carbocycles. The van der Waals surface area contributed by atoms with E-state index in [0.29, 0.717) is 29.5 Å². The summed E-state index contributed by atoms with van der Waals surface area (Å²) >= 11 is 0. The molecule has 0 saturated heterocycles. The van der Waals surface area contributed by atoms with Crippen molar-refractivity contribution in [2.45, 2.75) is 78.2 Å². The summed E-state index contributed by atoms with van der Waals surface area (Å²) in [5.74, 6) is 0.551. The number of fused-ring (bicyclic) bond motifs is 1. The van der Waals surface area contributed by atoms with Crippen LogP contribution in [0, 0.1) is 5.92 Å². The van der Waals surface area contributed by atoms with Crippen molar-refractivity contribution in [2.75, 3.05) is 51.1 Å². The summed E-state index contributed by atoms with van der Waals surface area (Å²) in [7, 11) is 3.29. The minimum atomic E-state index is -0.522.